The van der Waals surface area contributed by atoms with Crippen LogP contribution in [0.1, 0.15) is 15.9 Å². The molecule has 1 heterocycles. The number of fused-ring (bicyclic) bond motifs is 1. The van der Waals surface area contributed by atoms with Crippen molar-refractivity contribution in [1.82, 2.24) is 4.57 Å². The van der Waals surface area contributed by atoms with Crippen LogP contribution in [-0.4, -0.2) is 21.8 Å². The number of hydrogen-bond donors (Lipinski definition) is 2. The number of nitrogens with one attached hydrogen (secondary N) is 1. The summed E-state index contributed by atoms with van der Waals surface area (Å²) in [5, 5.41) is 13.8. The first-order valence-corrected chi connectivity index (χ1v) is 8.93. The van der Waals surface area contributed by atoms with Crippen molar-refractivity contribution >= 4 is 34.3 Å². The van der Waals surface area contributed by atoms with E-state index in [1.54, 1.807) is 31.3 Å². The molecule has 128 valence electrons. The molecule has 0 aliphatic rings. The lowest BCUT2D eigenvalue weighted by Crippen LogP contribution is -2.28. The predicted molar refractivity (Wildman–Crippen MR) is 102 cm³/mol. The molecule has 0 spiro atoms. The highest BCUT2D eigenvalue weighted by atomic mass is 32.2. The molecule has 0 bridgehead atoms. The summed E-state index contributed by atoms with van der Waals surface area (Å²) >= 11 is 1.52. The van der Waals surface area contributed by atoms with E-state index in [9.17, 15) is 14.7 Å². The van der Waals surface area contributed by atoms with E-state index >= 15 is 0 Å². The molecule has 1 amide bonds. The molecule has 3 rings (SSSR count). The Morgan fingerprint density at radius 2 is 1.92 bits per heavy atom. The van der Waals surface area contributed by atoms with Crippen molar-refractivity contribution in [1.29, 1.82) is 0 Å². The number of pyridine rings is 1. The Bertz CT molecular complexity index is 1040. The normalized spacial score (nSPS) is 10.8. The van der Waals surface area contributed by atoms with Crippen LogP contribution in [0.25, 0.3) is 10.9 Å². The van der Waals surface area contributed by atoms with E-state index in [1.165, 1.54) is 16.3 Å². The highest BCUT2D eigenvalue weighted by molar-refractivity contribution is 7.98. The fourth-order valence-electron chi connectivity index (χ4n) is 2.74. The quantitative estimate of drug-likeness (QED) is 0.706. The maximum absolute atomic E-state index is 12.7. The van der Waals surface area contributed by atoms with Gasteiger partial charge in [-0.15, -0.1) is 11.8 Å². The number of aryl methyl sites for hydroxylation is 2. The highest BCUT2D eigenvalue weighted by Crippen LogP contribution is 2.30. The third kappa shape index (κ3) is 3.00. The molecule has 2 aromatic carbocycles. The number of para-hydroxylation sites is 1. The molecule has 0 saturated heterocycles. The fraction of sp³-hybridized carbons (Fsp3) is 0.158. The lowest BCUT2D eigenvalue weighted by Gasteiger charge is -2.13. The lowest BCUT2D eigenvalue weighted by molar-refractivity contribution is 0.102. The second kappa shape index (κ2) is 6.64. The van der Waals surface area contributed by atoms with Crippen LogP contribution in [0.4, 0.5) is 5.69 Å². The number of carbonyl (C=O) groups is 1. The molecule has 0 aliphatic heterocycles. The molecule has 0 fully saturated rings. The van der Waals surface area contributed by atoms with Gasteiger partial charge in [0.25, 0.3) is 11.5 Å². The van der Waals surface area contributed by atoms with E-state index in [0.717, 1.165) is 10.5 Å². The van der Waals surface area contributed by atoms with Gasteiger partial charge in [-0.3, -0.25) is 9.59 Å². The van der Waals surface area contributed by atoms with Crippen LogP contribution in [0, 0.1) is 6.92 Å². The van der Waals surface area contributed by atoms with Gasteiger partial charge < -0.3 is 15.0 Å². The van der Waals surface area contributed by atoms with Crippen molar-refractivity contribution in [2.75, 3.05) is 11.6 Å². The minimum atomic E-state index is -0.621. The van der Waals surface area contributed by atoms with Gasteiger partial charge in [0.1, 0.15) is 11.3 Å². The Kier molecular flexibility index (Phi) is 4.55. The summed E-state index contributed by atoms with van der Waals surface area (Å²) < 4.78 is 1.38. The highest BCUT2D eigenvalue weighted by Gasteiger charge is 2.21. The van der Waals surface area contributed by atoms with Crippen LogP contribution in [0.3, 0.4) is 0 Å². The Morgan fingerprint density at radius 1 is 1.20 bits per heavy atom. The predicted octanol–water partition coefficient (Wildman–Crippen LogP) is 3.53. The summed E-state index contributed by atoms with van der Waals surface area (Å²) in [7, 11) is 1.59. The van der Waals surface area contributed by atoms with Gasteiger partial charge in [0, 0.05) is 23.0 Å². The molecule has 0 atom stereocenters. The number of thioether (sulfide) groups is 1. The molecule has 25 heavy (non-hydrogen) atoms. The van der Waals surface area contributed by atoms with Crippen LogP contribution in [0.2, 0.25) is 0 Å². The number of nitrogens with zero attached hydrogens (tertiary/aromatic N) is 1. The molecule has 0 saturated carbocycles. The van der Waals surface area contributed by atoms with Crippen molar-refractivity contribution in [2.24, 2.45) is 7.05 Å². The van der Waals surface area contributed by atoms with Gasteiger partial charge in [0.15, 0.2) is 0 Å². The zero-order valence-electron chi connectivity index (χ0n) is 14.2. The molecule has 0 radical (unpaired) electrons. The Morgan fingerprint density at radius 3 is 2.60 bits per heavy atom. The van der Waals surface area contributed by atoms with Gasteiger partial charge in [-0.05, 0) is 43.0 Å². The molecule has 6 heteroatoms. The van der Waals surface area contributed by atoms with Crippen molar-refractivity contribution in [2.45, 2.75) is 11.8 Å². The smallest absolute Gasteiger partial charge is 0.267 e. The van der Waals surface area contributed by atoms with Gasteiger partial charge >= 0.3 is 0 Å². The molecular weight excluding hydrogens is 336 g/mol. The van der Waals surface area contributed by atoms with Gasteiger partial charge in [-0.25, -0.2) is 0 Å². The Labute approximate surface area is 149 Å². The number of anilines is 1. The minimum absolute atomic E-state index is 0.253. The molecular formula is C19H18N2O3S. The van der Waals surface area contributed by atoms with Gasteiger partial charge in [0.2, 0.25) is 0 Å². The second-order valence-electron chi connectivity index (χ2n) is 5.74. The molecule has 3 aromatic rings. The molecule has 2 N–H and O–H groups in total. The summed E-state index contributed by atoms with van der Waals surface area (Å²) in [6.07, 6.45) is 1.92. The number of aromatic nitrogens is 1. The first-order valence-electron chi connectivity index (χ1n) is 7.70. The maximum atomic E-state index is 12.7. The van der Waals surface area contributed by atoms with E-state index in [0.29, 0.717) is 16.6 Å². The van der Waals surface area contributed by atoms with Crippen molar-refractivity contribution in [3.8, 4) is 5.75 Å². The van der Waals surface area contributed by atoms with E-state index < -0.39 is 11.5 Å². The first kappa shape index (κ1) is 17.1. The monoisotopic (exact) mass is 354 g/mol. The largest absolute Gasteiger partial charge is 0.506 e. The topological polar surface area (TPSA) is 71.3 Å². The summed E-state index contributed by atoms with van der Waals surface area (Å²) in [6.45, 7) is 1.86. The number of hydrogen-bond acceptors (Lipinski definition) is 4. The molecule has 0 unspecified atom stereocenters. The van der Waals surface area contributed by atoms with Crippen LogP contribution in [0.15, 0.2) is 52.2 Å². The van der Waals surface area contributed by atoms with Crippen LogP contribution in [0.5, 0.6) is 5.75 Å². The fourth-order valence-corrected chi connectivity index (χ4v) is 3.18. The lowest BCUT2D eigenvalue weighted by atomic mass is 10.1. The summed E-state index contributed by atoms with van der Waals surface area (Å²) in [5.41, 5.74) is 1.27. The van der Waals surface area contributed by atoms with Crippen molar-refractivity contribution < 1.29 is 9.90 Å². The van der Waals surface area contributed by atoms with Crippen LogP contribution >= 0.6 is 11.8 Å². The summed E-state index contributed by atoms with van der Waals surface area (Å²) in [6, 6.07) is 12.7. The number of aromatic hydroxyl groups is 1. The van der Waals surface area contributed by atoms with Crippen LogP contribution < -0.4 is 10.9 Å². The molecule has 1 aromatic heterocycles. The minimum Gasteiger partial charge on any atom is -0.506 e. The summed E-state index contributed by atoms with van der Waals surface area (Å²) in [5.74, 6) is -0.913. The van der Waals surface area contributed by atoms with Gasteiger partial charge in [-0.1, -0.05) is 18.2 Å². The van der Waals surface area contributed by atoms with Crippen LogP contribution in [-0.2, 0) is 7.05 Å². The zero-order chi connectivity index (χ0) is 18.1. The Balaban J connectivity index is 2.17. The first-order chi connectivity index (χ1) is 11.9. The zero-order valence-corrected chi connectivity index (χ0v) is 15.0. The van der Waals surface area contributed by atoms with E-state index in [4.69, 9.17) is 0 Å². The summed E-state index contributed by atoms with van der Waals surface area (Å²) in [4.78, 5) is 26.2. The van der Waals surface area contributed by atoms with Gasteiger partial charge in [0.05, 0.1) is 5.52 Å². The standard InChI is InChI=1S/C19H18N2O3S/c1-11-6-4-5-7-14(11)20-18(23)16-17(22)13-10-12(25-3)8-9-15(13)21(2)19(16)24/h4-10,22H,1-3H3,(H,20,23). The number of rotatable bonds is 3. The van der Waals surface area contributed by atoms with E-state index in [2.05, 4.69) is 5.32 Å². The van der Waals surface area contributed by atoms with Crippen molar-refractivity contribution in [3.05, 3.63) is 63.9 Å². The molecule has 5 nitrogen and oxygen atoms in total. The maximum Gasteiger partial charge on any atom is 0.267 e. The van der Waals surface area contributed by atoms with E-state index in [1.807, 2.05) is 31.4 Å². The Hall–Kier alpha value is -2.73. The van der Waals surface area contributed by atoms with Crippen molar-refractivity contribution in [3.63, 3.8) is 0 Å². The number of amides is 1. The van der Waals surface area contributed by atoms with Gasteiger partial charge in [-0.2, -0.15) is 0 Å². The second-order valence-corrected chi connectivity index (χ2v) is 6.62. The SMILES string of the molecule is CSc1ccc2c(c1)c(O)c(C(=O)Nc1ccccc1C)c(=O)n2C. The number of carbonyl (C=O) groups excluding carboxylic acids is 1. The average Bonchev–Trinajstić information content (AvgIpc) is 2.61. The van der Waals surface area contributed by atoms with E-state index in [-0.39, 0.29) is 11.3 Å². The third-order valence-electron chi connectivity index (χ3n) is 4.20. The number of benzene rings is 2. The molecule has 0 aliphatic carbocycles. The third-order valence-corrected chi connectivity index (χ3v) is 4.92. The average molecular weight is 354 g/mol.